The number of ketones is 1. The maximum atomic E-state index is 12.6. The normalized spacial score (nSPS) is 10.7. The fourth-order valence-corrected chi connectivity index (χ4v) is 3.18. The summed E-state index contributed by atoms with van der Waals surface area (Å²) in [6, 6.07) is 12.7. The molecule has 0 spiro atoms. The monoisotopic (exact) mass is 386 g/mol. The number of methoxy groups -OCH3 is 1. The Morgan fingerprint density at radius 1 is 1.15 bits per heavy atom. The van der Waals surface area contributed by atoms with Crippen LogP contribution in [0.4, 0.5) is 0 Å². The molecule has 0 saturated carbocycles. The van der Waals surface area contributed by atoms with Crippen molar-refractivity contribution >= 4 is 29.6 Å². The summed E-state index contributed by atoms with van der Waals surface area (Å²) in [5.41, 5.74) is 2.14. The van der Waals surface area contributed by atoms with Gasteiger partial charge in [-0.05, 0) is 43.3 Å². The smallest absolute Gasteiger partial charge is 0.313 e. The van der Waals surface area contributed by atoms with Crippen molar-refractivity contribution in [1.29, 1.82) is 0 Å². The molecule has 0 bridgehead atoms. The van der Waals surface area contributed by atoms with E-state index in [-0.39, 0.29) is 11.5 Å². The van der Waals surface area contributed by atoms with Crippen LogP contribution < -0.4 is 9.47 Å². The van der Waals surface area contributed by atoms with Crippen molar-refractivity contribution in [1.82, 2.24) is 0 Å². The minimum atomic E-state index is -0.873. The Labute approximate surface area is 163 Å². The highest BCUT2D eigenvalue weighted by Crippen LogP contribution is 2.25. The number of ether oxygens (including phenoxy) is 2. The van der Waals surface area contributed by atoms with Crippen LogP contribution in [-0.2, 0) is 10.5 Å². The van der Waals surface area contributed by atoms with Gasteiger partial charge in [0, 0.05) is 22.4 Å². The van der Waals surface area contributed by atoms with Gasteiger partial charge in [-0.25, -0.2) is 0 Å². The van der Waals surface area contributed by atoms with E-state index < -0.39 is 5.97 Å². The van der Waals surface area contributed by atoms with Crippen LogP contribution in [-0.4, -0.2) is 36.3 Å². The summed E-state index contributed by atoms with van der Waals surface area (Å²) in [6.45, 7) is 2.46. The molecule has 0 aliphatic rings. The summed E-state index contributed by atoms with van der Waals surface area (Å²) < 4.78 is 10.9. The van der Waals surface area contributed by atoms with Crippen LogP contribution in [0.15, 0.2) is 48.5 Å². The predicted molar refractivity (Wildman–Crippen MR) is 108 cm³/mol. The van der Waals surface area contributed by atoms with Crippen molar-refractivity contribution < 1.29 is 24.2 Å². The number of hydrogen-bond acceptors (Lipinski definition) is 5. The van der Waals surface area contributed by atoms with Crippen LogP contribution in [0.5, 0.6) is 11.5 Å². The Morgan fingerprint density at radius 2 is 1.93 bits per heavy atom. The number of thioether (sulfide) groups is 1. The molecule has 2 aromatic carbocycles. The van der Waals surface area contributed by atoms with Crippen LogP contribution in [0.3, 0.4) is 0 Å². The number of carboxylic acid groups (broad SMARTS) is 1. The van der Waals surface area contributed by atoms with E-state index in [1.807, 2.05) is 31.2 Å². The van der Waals surface area contributed by atoms with Gasteiger partial charge in [0.2, 0.25) is 0 Å². The van der Waals surface area contributed by atoms with E-state index in [0.717, 1.165) is 16.9 Å². The molecule has 0 aliphatic carbocycles. The molecule has 5 nitrogen and oxygen atoms in total. The maximum Gasteiger partial charge on any atom is 0.313 e. The fraction of sp³-hybridized carbons (Fsp3) is 0.238. The summed E-state index contributed by atoms with van der Waals surface area (Å²) in [6.07, 6.45) is 3.24. The lowest BCUT2D eigenvalue weighted by Crippen LogP contribution is -2.01. The van der Waals surface area contributed by atoms with Crippen LogP contribution in [0, 0.1) is 0 Å². The zero-order chi connectivity index (χ0) is 19.6. The van der Waals surface area contributed by atoms with E-state index in [1.54, 1.807) is 31.4 Å². The largest absolute Gasteiger partial charge is 0.496 e. The minimum absolute atomic E-state index is 0.00452. The van der Waals surface area contributed by atoms with E-state index in [4.69, 9.17) is 14.6 Å². The molecule has 0 unspecified atom stereocenters. The summed E-state index contributed by atoms with van der Waals surface area (Å²) in [5.74, 6) is 0.790. The first-order chi connectivity index (χ1) is 13.0. The second-order valence-corrected chi connectivity index (χ2v) is 6.57. The second kappa shape index (κ2) is 10.4. The van der Waals surface area contributed by atoms with Gasteiger partial charge in [-0.2, -0.15) is 0 Å². The SMILES string of the molecule is CCOc1ccccc1C=CC(=O)c1ccc(OC)c(CSCC(=O)O)c1. The highest BCUT2D eigenvalue weighted by atomic mass is 32.2. The van der Waals surface area contributed by atoms with Crippen molar-refractivity contribution in [2.24, 2.45) is 0 Å². The molecular formula is C21H22O5S. The van der Waals surface area contributed by atoms with Gasteiger partial charge in [-0.1, -0.05) is 18.2 Å². The van der Waals surface area contributed by atoms with Crippen molar-refractivity contribution in [3.63, 3.8) is 0 Å². The number of para-hydroxylation sites is 1. The summed E-state index contributed by atoms with van der Waals surface area (Å²) in [7, 11) is 1.55. The molecule has 0 aromatic heterocycles. The van der Waals surface area contributed by atoms with E-state index in [9.17, 15) is 9.59 Å². The van der Waals surface area contributed by atoms with Gasteiger partial charge in [-0.15, -0.1) is 11.8 Å². The molecule has 0 amide bonds. The van der Waals surface area contributed by atoms with Crippen LogP contribution in [0.1, 0.15) is 28.4 Å². The number of allylic oxidation sites excluding steroid dienone is 1. The van der Waals surface area contributed by atoms with Crippen molar-refractivity contribution in [3.05, 3.63) is 65.2 Å². The Balaban J connectivity index is 2.17. The molecule has 27 heavy (non-hydrogen) atoms. The lowest BCUT2D eigenvalue weighted by atomic mass is 10.1. The minimum Gasteiger partial charge on any atom is -0.496 e. The Kier molecular flexibility index (Phi) is 7.95. The molecule has 1 N–H and O–H groups in total. The summed E-state index contributed by atoms with van der Waals surface area (Å²) in [5, 5.41) is 8.77. The van der Waals surface area contributed by atoms with Gasteiger partial charge in [-0.3, -0.25) is 9.59 Å². The quantitative estimate of drug-likeness (QED) is 0.485. The lowest BCUT2D eigenvalue weighted by molar-refractivity contribution is -0.133. The van der Waals surface area contributed by atoms with E-state index in [0.29, 0.717) is 23.7 Å². The van der Waals surface area contributed by atoms with E-state index >= 15 is 0 Å². The van der Waals surface area contributed by atoms with Crippen LogP contribution >= 0.6 is 11.8 Å². The zero-order valence-electron chi connectivity index (χ0n) is 15.3. The van der Waals surface area contributed by atoms with E-state index in [1.165, 1.54) is 17.8 Å². The predicted octanol–water partition coefficient (Wildman–Crippen LogP) is 4.31. The average Bonchev–Trinajstić information content (AvgIpc) is 2.67. The third-order valence-electron chi connectivity index (χ3n) is 3.68. The van der Waals surface area contributed by atoms with Gasteiger partial charge in [0.15, 0.2) is 5.78 Å². The zero-order valence-corrected chi connectivity index (χ0v) is 16.1. The number of hydrogen-bond donors (Lipinski definition) is 1. The molecule has 0 radical (unpaired) electrons. The molecular weight excluding hydrogens is 364 g/mol. The number of carboxylic acids is 1. The van der Waals surface area contributed by atoms with Gasteiger partial charge in [0.1, 0.15) is 11.5 Å². The van der Waals surface area contributed by atoms with Crippen LogP contribution in [0.25, 0.3) is 6.08 Å². The first kappa shape index (κ1) is 20.6. The highest BCUT2D eigenvalue weighted by Gasteiger charge is 2.10. The summed E-state index contributed by atoms with van der Waals surface area (Å²) in [4.78, 5) is 23.2. The molecule has 2 rings (SSSR count). The number of aliphatic carboxylic acids is 1. The molecule has 0 aliphatic heterocycles. The fourth-order valence-electron chi connectivity index (χ4n) is 2.46. The molecule has 142 valence electrons. The Morgan fingerprint density at radius 3 is 2.63 bits per heavy atom. The molecule has 0 saturated heterocycles. The first-order valence-electron chi connectivity index (χ1n) is 8.45. The third-order valence-corrected chi connectivity index (χ3v) is 4.65. The third kappa shape index (κ3) is 6.18. The topological polar surface area (TPSA) is 72.8 Å². The molecule has 2 aromatic rings. The van der Waals surface area contributed by atoms with Gasteiger partial charge < -0.3 is 14.6 Å². The van der Waals surface area contributed by atoms with Crippen LogP contribution in [0.2, 0.25) is 0 Å². The highest BCUT2D eigenvalue weighted by molar-refractivity contribution is 7.99. The number of rotatable bonds is 10. The van der Waals surface area contributed by atoms with Gasteiger partial charge in [0.05, 0.1) is 19.5 Å². The lowest BCUT2D eigenvalue weighted by Gasteiger charge is -2.09. The number of carbonyl (C=O) groups excluding carboxylic acids is 1. The van der Waals surface area contributed by atoms with Crippen molar-refractivity contribution in [2.75, 3.05) is 19.5 Å². The number of carbonyl (C=O) groups is 2. The molecule has 0 atom stereocenters. The van der Waals surface area contributed by atoms with E-state index in [2.05, 4.69) is 0 Å². The van der Waals surface area contributed by atoms with Gasteiger partial charge in [0.25, 0.3) is 0 Å². The Bertz CT molecular complexity index is 829. The van der Waals surface area contributed by atoms with Crippen molar-refractivity contribution in [2.45, 2.75) is 12.7 Å². The Hall–Kier alpha value is -2.73. The molecule has 0 heterocycles. The van der Waals surface area contributed by atoms with Crippen molar-refractivity contribution in [3.8, 4) is 11.5 Å². The second-order valence-electron chi connectivity index (χ2n) is 5.58. The summed E-state index contributed by atoms with van der Waals surface area (Å²) >= 11 is 1.26. The standard InChI is InChI=1S/C21H22O5S/c1-3-26-20-7-5-4-6-15(20)8-10-18(22)16-9-11-19(25-2)17(12-16)13-27-14-21(23)24/h4-12H,3,13-14H2,1-2H3,(H,23,24). The average molecular weight is 386 g/mol. The maximum absolute atomic E-state index is 12.6. The first-order valence-corrected chi connectivity index (χ1v) is 9.61. The number of benzene rings is 2. The molecule has 0 fully saturated rings. The molecule has 6 heteroatoms. The van der Waals surface area contributed by atoms with Gasteiger partial charge >= 0.3 is 5.97 Å².